The van der Waals surface area contributed by atoms with E-state index in [0.29, 0.717) is 12.8 Å². The van der Waals surface area contributed by atoms with E-state index in [4.69, 9.17) is 20.3 Å². The Morgan fingerprint density at radius 2 is 1.75 bits per heavy atom. The summed E-state index contributed by atoms with van der Waals surface area (Å²) in [6.45, 7) is -0.369. The number of nitrogens with one attached hydrogen (secondary N) is 1. The molecule has 10 nitrogen and oxygen atoms in total. The number of carbonyl (C=O) groups excluding carboxylic acids is 2. The van der Waals surface area contributed by atoms with Crippen LogP contribution in [0.4, 0.5) is 0 Å². The van der Waals surface area contributed by atoms with E-state index in [1.54, 1.807) is 0 Å². The molecule has 1 saturated heterocycles. The van der Waals surface area contributed by atoms with Crippen LogP contribution in [0.25, 0.3) is 0 Å². The zero-order valence-corrected chi connectivity index (χ0v) is 13.3. The molecule has 1 fully saturated rings. The van der Waals surface area contributed by atoms with Crippen molar-refractivity contribution >= 4 is 11.8 Å². The van der Waals surface area contributed by atoms with Gasteiger partial charge in [-0.15, -0.1) is 0 Å². The summed E-state index contributed by atoms with van der Waals surface area (Å²) >= 11 is 0. The summed E-state index contributed by atoms with van der Waals surface area (Å²) in [4.78, 5) is 22.1. The van der Waals surface area contributed by atoms with Crippen LogP contribution in [0.15, 0.2) is 0 Å². The standard InChI is InChI=1S/C14H26N2O8/c15-9(18)3-1-2-4-10(19)16-5-6-23-14-13(22)12(21)11(20)8(7-17)24-14/h8,11-14,17,20-22H,1-7H2,(H2,15,18)(H,16,19)/t8-,11-,12+,13+,14+/m1/s1. The topological polar surface area (TPSA) is 172 Å². The summed E-state index contributed by atoms with van der Waals surface area (Å²) in [6, 6.07) is 0. The maximum Gasteiger partial charge on any atom is 0.220 e. The van der Waals surface area contributed by atoms with E-state index in [-0.39, 0.29) is 31.9 Å². The summed E-state index contributed by atoms with van der Waals surface area (Å²) in [5.74, 6) is -0.611. The Bertz CT molecular complexity index is 406. The van der Waals surface area contributed by atoms with Crippen LogP contribution in [0.1, 0.15) is 25.7 Å². The van der Waals surface area contributed by atoms with Crippen molar-refractivity contribution in [3.05, 3.63) is 0 Å². The van der Waals surface area contributed by atoms with Crippen molar-refractivity contribution in [2.45, 2.75) is 56.4 Å². The third kappa shape index (κ3) is 6.67. The number of ether oxygens (including phenoxy) is 2. The minimum Gasteiger partial charge on any atom is -0.394 e. The third-order valence-electron chi connectivity index (χ3n) is 3.63. The molecular weight excluding hydrogens is 324 g/mol. The maximum absolute atomic E-state index is 11.5. The first-order valence-corrected chi connectivity index (χ1v) is 7.84. The van der Waals surface area contributed by atoms with Crippen LogP contribution in [0.2, 0.25) is 0 Å². The average Bonchev–Trinajstić information content (AvgIpc) is 2.55. The quantitative estimate of drug-likeness (QED) is 0.226. The van der Waals surface area contributed by atoms with E-state index in [9.17, 15) is 24.9 Å². The van der Waals surface area contributed by atoms with Crippen molar-refractivity contribution < 1.29 is 39.5 Å². The fourth-order valence-corrected chi connectivity index (χ4v) is 2.24. The van der Waals surface area contributed by atoms with Gasteiger partial charge in [0.1, 0.15) is 24.4 Å². The summed E-state index contributed by atoms with van der Waals surface area (Å²) in [7, 11) is 0. The normalized spacial score (nSPS) is 30.1. The second-order valence-electron chi connectivity index (χ2n) is 5.59. The summed E-state index contributed by atoms with van der Waals surface area (Å²) < 4.78 is 10.4. The minimum atomic E-state index is -1.50. The molecule has 0 radical (unpaired) electrons. The van der Waals surface area contributed by atoms with Gasteiger partial charge >= 0.3 is 0 Å². The van der Waals surface area contributed by atoms with Gasteiger partial charge in [0.05, 0.1) is 13.2 Å². The molecule has 0 aliphatic carbocycles. The Morgan fingerprint density at radius 1 is 1.08 bits per heavy atom. The highest BCUT2D eigenvalue weighted by molar-refractivity contribution is 5.76. The molecule has 0 bridgehead atoms. The Balaban J connectivity index is 2.19. The van der Waals surface area contributed by atoms with Gasteiger partial charge in [0.15, 0.2) is 6.29 Å². The van der Waals surface area contributed by atoms with Gasteiger partial charge in [0.2, 0.25) is 11.8 Å². The molecule has 1 aliphatic heterocycles. The lowest BCUT2D eigenvalue weighted by atomic mass is 9.99. The number of amides is 2. The highest BCUT2D eigenvalue weighted by Gasteiger charge is 2.43. The van der Waals surface area contributed by atoms with Gasteiger partial charge in [-0.25, -0.2) is 0 Å². The molecule has 0 saturated carbocycles. The van der Waals surface area contributed by atoms with Crippen molar-refractivity contribution in [2.75, 3.05) is 19.8 Å². The fraction of sp³-hybridized carbons (Fsp3) is 0.857. The average molecular weight is 350 g/mol. The van der Waals surface area contributed by atoms with Crippen molar-refractivity contribution in [3.8, 4) is 0 Å². The molecule has 2 amide bonds. The highest BCUT2D eigenvalue weighted by atomic mass is 16.7. The van der Waals surface area contributed by atoms with Crippen molar-refractivity contribution in [3.63, 3.8) is 0 Å². The lowest BCUT2D eigenvalue weighted by molar-refractivity contribution is -0.300. The molecule has 140 valence electrons. The van der Waals surface area contributed by atoms with Crippen molar-refractivity contribution in [1.82, 2.24) is 5.32 Å². The van der Waals surface area contributed by atoms with Gasteiger partial charge in [-0.2, -0.15) is 0 Å². The fourth-order valence-electron chi connectivity index (χ4n) is 2.24. The summed E-state index contributed by atoms with van der Waals surface area (Å²) in [5.41, 5.74) is 4.99. The van der Waals surface area contributed by atoms with E-state index in [0.717, 1.165) is 0 Å². The number of aliphatic hydroxyl groups excluding tert-OH is 4. The van der Waals surface area contributed by atoms with Crippen molar-refractivity contribution in [1.29, 1.82) is 0 Å². The van der Waals surface area contributed by atoms with Gasteiger partial charge in [0, 0.05) is 19.4 Å². The second-order valence-corrected chi connectivity index (χ2v) is 5.59. The van der Waals surface area contributed by atoms with Crippen molar-refractivity contribution in [2.24, 2.45) is 5.73 Å². The molecule has 0 spiro atoms. The van der Waals surface area contributed by atoms with E-state index in [1.807, 2.05) is 0 Å². The largest absolute Gasteiger partial charge is 0.394 e. The van der Waals surface area contributed by atoms with Crippen LogP contribution < -0.4 is 11.1 Å². The van der Waals surface area contributed by atoms with E-state index in [1.165, 1.54) is 0 Å². The maximum atomic E-state index is 11.5. The molecule has 0 aromatic rings. The number of nitrogens with two attached hydrogens (primary N) is 1. The molecule has 7 N–H and O–H groups in total. The first kappa shape index (κ1) is 20.7. The Labute approximate surface area is 139 Å². The minimum absolute atomic E-state index is 0.00964. The monoisotopic (exact) mass is 350 g/mol. The zero-order valence-electron chi connectivity index (χ0n) is 13.3. The number of unbranched alkanes of at least 4 members (excludes halogenated alkanes) is 1. The number of aliphatic hydroxyl groups is 4. The number of carbonyl (C=O) groups is 2. The zero-order chi connectivity index (χ0) is 18.1. The smallest absolute Gasteiger partial charge is 0.220 e. The Kier molecular flexibility index (Phi) is 9.11. The first-order valence-electron chi connectivity index (χ1n) is 7.84. The summed E-state index contributed by atoms with van der Waals surface area (Å²) in [5, 5.41) is 40.6. The predicted molar refractivity (Wildman–Crippen MR) is 80.4 cm³/mol. The molecule has 10 heteroatoms. The van der Waals surface area contributed by atoms with E-state index in [2.05, 4.69) is 5.32 Å². The van der Waals surface area contributed by atoms with Gasteiger partial charge in [-0.1, -0.05) is 0 Å². The SMILES string of the molecule is NC(=O)CCCCC(=O)NCCO[C@H]1O[C@H](CO)[C@@H](O)[C@H](O)[C@@H]1O. The molecule has 1 rings (SSSR count). The van der Waals surface area contributed by atoms with Gasteiger partial charge < -0.3 is 41.0 Å². The number of rotatable bonds is 10. The van der Waals surface area contributed by atoms with Crippen LogP contribution in [0.5, 0.6) is 0 Å². The van der Waals surface area contributed by atoms with E-state index < -0.39 is 43.2 Å². The van der Waals surface area contributed by atoms with Crippen LogP contribution in [-0.4, -0.2) is 82.7 Å². The molecule has 0 aromatic carbocycles. The highest BCUT2D eigenvalue weighted by Crippen LogP contribution is 2.21. The van der Waals surface area contributed by atoms with Crippen LogP contribution in [0.3, 0.4) is 0 Å². The first-order chi connectivity index (χ1) is 11.4. The molecule has 1 aliphatic rings. The van der Waals surface area contributed by atoms with Gasteiger partial charge in [0.25, 0.3) is 0 Å². The molecule has 24 heavy (non-hydrogen) atoms. The molecule has 0 unspecified atom stereocenters. The second kappa shape index (κ2) is 10.5. The predicted octanol–water partition coefficient (Wildman–Crippen LogP) is -3.04. The van der Waals surface area contributed by atoms with Gasteiger partial charge in [-0.3, -0.25) is 9.59 Å². The summed E-state index contributed by atoms with van der Waals surface area (Å²) in [6.07, 6.45) is -5.06. The van der Waals surface area contributed by atoms with Gasteiger partial charge in [-0.05, 0) is 12.8 Å². The van der Waals surface area contributed by atoms with Crippen LogP contribution >= 0.6 is 0 Å². The number of hydrogen-bond donors (Lipinski definition) is 6. The van der Waals surface area contributed by atoms with Crippen LogP contribution in [-0.2, 0) is 19.1 Å². The molecular formula is C14H26N2O8. The number of hydrogen-bond acceptors (Lipinski definition) is 8. The third-order valence-corrected chi connectivity index (χ3v) is 3.63. The molecule has 5 atom stereocenters. The Hall–Kier alpha value is -1.30. The van der Waals surface area contributed by atoms with Crippen LogP contribution in [0, 0.1) is 0 Å². The number of primary amides is 1. The Morgan fingerprint density at radius 3 is 2.38 bits per heavy atom. The lowest BCUT2D eigenvalue weighted by Crippen LogP contribution is -2.59. The molecule has 1 heterocycles. The van der Waals surface area contributed by atoms with E-state index >= 15 is 0 Å². The lowest BCUT2D eigenvalue weighted by Gasteiger charge is -2.39. The molecule has 0 aromatic heterocycles.